The molecule has 2 aliphatic rings. The number of carbonyl (C=O) groups is 1. The monoisotopic (exact) mass is 326 g/mol. The zero-order valence-electron chi connectivity index (χ0n) is 12.2. The predicted octanol–water partition coefficient (Wildman–Crippen LogP) is 3.21. The van der Waals surface area contributed by atoms with Gasteiger partial charge in [-0.3, -0.25) is 4.79 Å². The number of nitrogens with two attached hydrogens (primary N) is 1. The second-order valence-electron chi connectivity index (χ2n) is 6.44. The fraction of sp³-hybridized carbons (Fsp3) is 0.688. The highest BCUT2D eigenvalue weighted by Crippen LogP contribution is 2.41. The van der Waals surface area contributed by atoms with Gasteiger partial charge in [0.2, 0.25) is 5.91 Å². The molecule has 0 radical (unpaired) electrons. The number of rotatable bonds is 4. The Balaban J connectivity index is 1.47. The molecule has 2 atom stereocenters. The van der Waals surface area contributed by atoms with Gasteiger partial charge in [0.25, 0.3) is 0 Å². The highest BCUT2D eigenvalue weighted by atomic mass is 35.5. The van der Waals surface area contributed by atoms with Gasteiger partial charge in [-0.25, -0.2) is 0 Å². The minimum Gasteiger partial charge on any atom is -0.356 e. The van der Waals surface area contributed by atoms with Crippen molar-refractivity contribution in [2.24, 2.45) is 23.5 Å². The van der Waals surface area contributed by atoms with Crippen molar-refractivity contribution in [1.29, 1.82) is 0 Å². The molecule has 116 valence electrons. The molecule has 0 saturated heterocycles. The summed E-state index contributed by atoms with van der Waals surface area (Å²) >= 11 is 7.50. The highest BCUT2D eigenvalue weighted by molar-refractivity contribution is 7.16. The van der Waals surface area contributed by atoms with E-state index in [-0.39, 0.29) is 11.8 Å². The molecule has 2 fully saturated rings. The van der Waals surface area contributed by atoms with E-state index >= 15 is 0 Å². The first-order valence-corrected chi connectivity index (χ1v) is 9.10. The molecule has 0 aromatic carbocycles. The van der Waals surface area contributed by atoms with Gasteiger partial charge in [0.15, 0.2) is 0 Å². The average Bonchev–Trinajstić information content (AvgIpc) is 2.84. The molecule has 0 spiro atoms. The molecule has 1 aromatic heterocycles. The van der Waals surface area contributed by atoms with Crippen molar-refractivity contribution < 1.29 is 4.79 Å². The van der Waals surface area contributed by atoms with Crippen LogP contribution in [0.4, 0.5) is 0 Å². The van der Waals surface area contributed by atoms with Crippen LogP contribution in [0.25, 0.3) is 0 Å². The van der Waals surface area contributed by atoms with Gasteiger partial charge in [0.05, 0.1) is 4.34 Å². The molecule has 1 heterocycles. The van der Waals surface area contributed by atoms with Crippen molar-refractivity contribution in [1.82, 2.24) is 5.32 Å². The average molecular weight is 327 g/mol. The van der Waals surface area contributed by atoms with Crippen LogP contribution < -0.4 is 11.1 Å². The van der Waals surface area contributed by atoms with Gasteiger partial charge in [-0.1, -0.05) is 18.0 Å². The van der Waals surface area contributed by atoms with Gasteiger partial charge >= 0.3 is 0 Å². The largest absolute Gasteiger partial charge is 0.356 e. The molecule has 2 bridgehead atoms. The van der Waals surface area contributed by atoms with Gasteiger partial charge in [-0.05, 0) is 56.1 Å². The Bertz CT molecular complexity index is 490. The van der Waals surface area contributed by atoms with E-state index in [1.165, 1.54) is 24.1 Å². The Kier molecular flexibility index (Phi) is 4.87. The van der Waals surface area contributed by atoms with Crippen LogP contribution in [-0.4, -0.2) is 18.5 Å². The Morgan fingerprint density at radius 3 is 2.67 bits per heavy atom. The first-order valence-electron chi connectivity index (χ1n) is 7.91. The summed E-state index contributed by atoms with van der Waals surface area (Å²) in [6, 6.07) is 4.27. The fourth-order valence-electron chi connectivity index (χ4n) is 3.94. The maximum atomic E-state index is 12.4. The van der Waals surface area contributed by atoms with E-state index in [2.05, 4.69) is 5.32 Å². The molecular weight excluding hydrogens is 304 g/mol. The molecule has 1 amide bonds. The van der Waals surface area contributed by atoms with E-state index in [1.54, 1.807) is 11.3 Å². The number of carbonyl (C=O) groups excluding carboxylic acids is 1. The summed E-state index contributed by atoms with van der Waals surface area (Å²) in [5.41, 5.74) is 6.28. The maximum Gasteiger partial charge on any atom is 0.223 e. The van der Waals surface area contributed by atoms with Gasteiger partial charge in [0.1, 0.15) is 0 Å². The lowest BCUT2D eigenvalue weighted by atomic mass is 9.65. The normalized spacial score (nSPS) is 31.9. The van der Waals surface area contributed by atoms with Gasteiger partial charge < -0.3 is 11.1 Å². The van der Waals surface area contributed by atoms with Crippen LogP contribution in [0.3, 0.4) is 0 Å². The fourth-order valence-corrected chi connectivity index (χ4v) is 5.03. The van der Waals surface area contributed by atoms with E-state index in [9.17, 15) is 4.79 Å². The lowest BCUT2D eigenvalue weighted by molar-refractivity contribution is -0.127. The Morgan fingerprint density at radius 1 is 1.33 bits per heavy atom. The zero-order chi connectivity index (χ0) is 14.8. The summed E-state index contributed by atoms with van der Waals surface area (Å²) in [5, 5.41) is 3.10. The number of thiophene rings is 1. The maximum absolute atomic E-state index is 12.4. The number of fused-ring (bicyclic) bond motifs is 2. The van der Waals surface area contributed by atoms with Crippen molar-refractivity contribution in [2.75, 3.05) is 6.54 Å². The van der Waals surface area contributed by atoms with Gasteiger partial charge in [-0.2, -0.15) is 0 Å². The highest BCUT2D eigenvalue weighted by Gasteiger charge is 2.40. The number of amides is 1. The summed E-state index contributed by atoms with van der Waals surface area (Å²) in [6.07, 6.45) is 6.52. The summed E-state index contributed by atoms with van der Waals surface area (Å²) < 4.78 is 0.811. The second-order valence-corrected chi connectivity index (χ2v) is 8.24. The molecule has 2 unspecified atom stereocenters. The number of halogens is 1. The standard InChI is InChI=1S/C16H23ClN2OS/c17-14-5-4-13(21-14)6-7-19-16(20)12-8-10-2-1-3-11(9-12)15(10)18/h4-5,10-12,15H,1-3,6-9,18H2,(H,19,20). The van der Waals surface area contributed by atoms with E-state index < -0.39 is 0 Å². The van der Waals surface area contributed by atoms with Gasteiger partial charge in [-0.15, -0.1) is 11.3 Å². The topological polar surface area (TPSA) is 55.1 Å². The third-order valence-electron chi connectivity index (χ3n) is 5.08. The summed E-state index contributed by atoms with van der Waals surface area (Å²) in [4.78, 5) is 13.6. The summed E-state index contributed by atoms with van der Waals surface area (Å²) in [5.74, 6) is 1.52. The van der Waals surface area contributed by atoms with Crippen LogP contribution in [0, 0.1) is 17.8 Å². The van der Waals surface area contributed by atoms with Gasteiger partial charge in [0, 0.05) is 23.4 Å². The molecule has 21 heavy (non-hydrogen) atoms. The van der Waals surface area contributed by atoms with Crippen molar-refractivity contribution in [3.05, 3.63) is 21.3 Å². The van der Waals surface area contributed by atoms with Crippen LogP contribution in [0.15, 0.2) is 12.1 Å². The van der Waals surface area contributed by atoms with E-state index in [4.69, 9.17) is 17.3 Å². The van der Waals surface area contributed by atoms with Crippen molar-refractivity contribution >= 4 is 28.8 Å². The smallest absolute Gasteiger partial charge is 0.223 e. The van der Waals surface area contributed by atoms with Crippen molar-refractivity contribution in [3.63, 3.8) is 0 Å². The minimum absolute atomic E-state index is 0.173. The third-order valence-corrected chi connectivity index (χ3v) is 6.37. The lowest BCUT2D eigenvalue weighted by Gasteiger charge is -2.43. The van der Waals surface area contributed by atoms with Crippen LogP contribution in [0.2, 0.25) is 4.34 Å². The Hall–Kier alpha value is -0.580. The predicted molar refractivity (Wildman–Crippen MR) is 87.6 cm³/mol. The quantitative estimate of drug-likeness (QED) is 0.892. The lowest BCUT2D eigenvalue weighted by Crippen LogP contribution is -2.49. The van der Waals surface area contributed by atoms with Crippen LogP contribution in [0.5, 0.6) is 0 Å². The molecule has 2 saturated carbocycles. The Morgan fingerprint density at radius 2 is 2.05 bits per heavy atom. The molecule has 5 heteroatoms. The molecule has 3 nitrogen and oxygen atoms in total. The van der Waals surface area contributed by atoms with Crippen molar-refractivity contribution in [3.8, 4) is 0 Å². The van der Waals surface area contributed by atoms with Crippen molar-refractivity contribution in [2.45, 2.75) is 44.6 Å². The molecule has 0 aliphatic heterocycles. The molecular formula is C16H23ClN2OS. The number of nitrogens with one attached hydrogen (secondary N) is 1. The molecule has 3 N–H and O–H groups in total. The van der Waals surface area contributed by atoms with Crippen LogP contribution >= 0.6 is 22.9 Å². The summed E-state index contributed by atoms with van der Waals surface area (Å²) in [6.45, 7) is 0.702. The number of hydrogen-bond acceptors (Lipinski definition) is 3. The molecule has 3 rings (SSSR count). The summed E-state index contributed by atoms with van der Waals surface area (Å²) in [7, 11) is 0. The SMILES string of the molecule is NC1C2CCCC1CC(C(=O)NCCc1ccc(Cl)s1)C2. The molecule has 2 aliphatic carbocycles. The zero-order valence-corrected chi connectivity index (χ0v) is 13.8. The van der Waals surface area contributed by atoms with E-state index in [1.807, 2.05) is 12.1 Å². The Labute approximate surface area is 135 Å². The van der Waals surface area contributed by atoms with E-state index in [0.29, 0.717) is 24.4 Å². The minimum atomic E-state index is 0.173. The second kappa shape index (κ2) is 6.67. The first-order chi connectivity index (χ1) is 10.1. The first kappa shape index (κ1) is 15.3. The molecule has 1 aromatic rings. The van der Waals surface area contributed by atoms with Crippen LogP contribution in [0.1, 0.15) is 37.0 Å². The van der Waals surface area contributed by atoms with E-state index in [0.717, 1.165) is 23.6 Å². The third kappa shape index (κ3) is 3.61. The number of hydrogen-bond donors (Lipinski definition) is 2. The van der Waals surface area contributed by atoms with Crippen LogP contribution in [-0.2, 0) is 11.2 Å².